The highest BCUT2D eigenvalue weighted by molar-refractivity contribution is 7.10. The van der Waals surface area contributed by atoms with E-state index in [2.05, 4.69) is 42.6 Å². The molecule has 2 aromatic rings. The highest BCUT2D eigenvalue weighted by atomic mass is 35.5. The van der Waals surface area contributed by atoms with Crippen molar-refractivity contribution in [2.45, 2.75) is 6.42 Å². The average molecular weight is 266 g/mol. The summed E-state index contributed by atoms with van der Waals surface area (Å²) in [7, 11) is 4.21. The quantitative estimate of drug-likeness (QED) is 0.802. The van der Waals surface area contributed by atoms with E-state index >= 15 is 0 Å². The molecule has 3 heteroatoms. The topological polar surface area (TPSA) is 3.24 Å². The Morgan fingerprint density at radius 2 is 1.82 bits per heavy atom. The summed E-state index contributed by atoms with van der Waals surface area (Å²) >= 11 is 7.74. The molecule has 0 N–H and O–H groups in total. The van der Waals surface area contributed by atoms with Crippen molar-refractivity contribution >= 4 is 22.9 Å². The largest absolute Gasteiger partial charge is 0.309 e. The predicted octanol–water partition coefficient (Wildman–Crippen LogP) is 4.17. The zero-order chi connectivity index (χ0) is 12.3. The van der Waals surface area contributed by atoms with Gasteiger partial charge in [-0.2, -0.15) is 0 Å². The maximum Gasteiger partial charge on any atom is 0.0406 e. The van der Waals surface area contributed by atoms with Crippen molar-refractivity contribution in [3.63, 3.8) is 0 Å². The second kappa shape index (κ2) is 5.67. The van der Waals surface area contributed by atoms with Crippen LogP contribution < -0.4 is 0 Å². The molecule has 0 radical (unpaired) electrons. The van der Waals surface area contributed by atoms with E-state index in [1.165, 1.54) is 16.0 Å². The van der Waals surface area contributed by atoms with E-state index in [-0.39, 0.29) is 0 Å². The second-order valence-corrected chi connectivity index (χ2v) is 5.75. The SMILES string of the molecule is CN(C)CCc1sccc1-c1ccc(Cl)cc1. The summed E-state index contributed by atoms with van der Waals surface area (Å²) in [5.41, 5.74) is 2.60. The van der Waals surface area contributed by atoms with Crippen LogP contribution in [0.3, 0.4) is 0 Å². The molecule has 90 valence electrons. The lowest BCUT2D eigenvalue weighted by Crippen LogP contribution is -2.14. The van der Waals surface area contributed by atoms with E-state index in [9.17, 15) is 0 Å². The summed E-state index contributed by atoms with van der Waals surface area (Å²) in [6.45, 7) is 1.08. The zero-order valence-electron chi connectivity index (χ0n) is 10.1. The lowest BCUT2D eigenvalue weighted by atomic mass is 10.1. The van der Waals surface area contributed by atoms with Gasteiger partial charge in [-0.25, -0.2) is 0 Å². The van der Waals surface area contributed by atoms with E-state index in [1.807, 2.05) is 23.5 Å². The highest BCUT2D eigenvalue weighted by Gasteiger charge is 2.07. The van der Waals surface area contributed by atoms with Crippen LogP contribution in [0, 0.1) is 0 Å². The normalized spacial score (nSPS) is 11.1. The third kappa shape index (κ3) is 3.32. The maximum atomic E-state index is 5.91. The number of hydrogen-bond donors (Lipinski definition) is 0. The average Bonchev–Trinajstić information content (AvgIpc) is 2.75. The summed E-state index contributed by atoms with van der Waals surface area (Å²) in [6.07, 6.45) is 1.10. The van der Waals surface area contributed by atoms with Gasteiger partial charge in [-0.1, -0.05) is 23.7 Å². The van der Waals surface area contributed by atoms with Gasteiger partial charge in [0.2, 0.25) is 0 Å². The number of hydrogen-bond acceptors (Lipinski definition) is 2. The van der Waals surface area contributed by atoms with E-state index in [4.69, 9.17) is 11.6 Å². The van der Waals surface area contributed by atoms with Crippen LogP contribution in [0.1, 0.15) is 4.88 Å². The lowest BCUT2D eigenvalue weighted by molar-refractivity contribution is 0.415. The molecule has 0 saturated heterocycles. The van der Waals surface area contributed by atoms with Crippen LogP contribution in [-0.2, 0) is 6.42 Å². The van der Waals surface area contributed by atoms with Crippen LogP contribution in [0.5, 0.6) is 0 Å². The standard InChI is InChI=1S/C14H16ClNS/c1-16(2)9-7-14-13(8-10-17-14)11-3-5-12(15)6-4-11/h3-6,8,10H,7,9H2,1-2H3. The lowest BCUT2D eigenvalue weighted by Gasteiger charge is -2.09. The van der Waals surface area contributed by atoms with Crippen molar-refractivity contribution in [1.82, 2.24) is 4.90 Å². The van der Waals surface area contributed by atoms with Gasteiger partial charge in [0.1, 0.15) is 0 Å². The fourth-order valence-electron chi connectivity index (χ4n) is 1.75. The van der Waals surface area contributed by atoms with E-state index in [0.29, 0.717) is 0 Å². The third-order valence-corrected chi connectivity index (χ3v) is 3.92. The number of rotatable bonds is 4. The summed E-state index contributed by atoms with van der Waals surface area (Å²) in [6, 6.07) is 10.3. The zero-order valence-corrected chi connectivity index (χ0v) is 11.7. The third-order valence-electron chi connectivity index (χ3n) is 2.69. The molecule has 1 nitrogen and oxygen atoms in total. The van der Waals surface area contributed by atoms with Crippen LogP contribution in [0.25, 0.3) is 11.1 Å². The first kappa shape index (κ1) is 12.6. The molecule has 0 unspecified atom stereocenters. The first-order valence-electron chi connectivity index (χ1n) is 5.64. The first-order valence-corrected chi connectivity index (χ1v) is 6.89. The summed E-state index contributed by atoms with van der Waals surface area (Å²) < 4.78 is 0. The smallest absolute Gasteiger partial charge is 0.0406 e. The van der Waals surface area contributed by atoms with Gasteiger partial charge in [0, 0.05) is 16.4 Å². The van der Waals surface area contributed by atoms with Crippen LogP contribution in [0.15, 0.2) is 35.7 Å². The van der Waals surface area contributed by atoms with Crippen LogP contribution in [0.4, 0.5) is 0 Å². The molecule has 0 aliphatic rings. The molecule has 0 spiro atoms. The highest BCUT2D eigenvalue weighted by Crippen LogP contribution is 2.29. The van der Waals surface area contributed by atoms with Gasteiger partial charge in [-0.15, -0.1) is 11.3 Å². The molecule has 0 saturated carbocycles. The molecule has 1 aromatic heterocycles. The molecule has 0 bridgehead atoms. The minimum atomic E-state index is 0.791. The summed E-state index contributed by atoms with van der Waals surface area (Å²) in [5.74, 6) is 0. The van der Waals surface area contributed by atoms with Crippen molar-refractivity contribution in [3.8, 4) is 11.1 Å². The first-order chi connectivity index (χ1) is 8.16. The Hall–Kier alpha value is -0.830. The molecule has 2 rings (SSSR count). The maximum absolute atomic E-state index is 5.91. The van der Waals surface area contributed by atoms with E-state index in [1.54, 1.807) is 0 Å². The van der Waals surface area contributed by atoms with Gasteiger partial charge in [0.15, 0.2) is 0 Å². The molecule has 0 atom stereocenters. The number of likely N-dealkylation sites (N-methyl/N-ethyl adjacent to an activating group) is 1. The Labute approximate surface area is 112 Å². The molecular weight excluding hydrogens is 250 g/mol. The Morgan fingerprint density at radius 1 is 1.12 bits per heavy atom. The molecule has 17 heavy (non-hydrogen) atoms. The monoisotopic (exact) mass is 265 g/mol. The predicted molar refractivity (Wildman–Crippen MR) is 77.0 cm³/mol. The van der Waals surface area contributed by atoms with E-state index < -0.39 is 0 Å². The van der Waals surface area contributed by atoms with Gasteiger partial charge in [0.05, 0.1) is 0 Å². The Kier molecular flexibility index (Phi) is 4.21. The molecule has 0 aliphatic carbocycles. The summed E-state index contributed by atoms with van der Waals surface area (Å²) in [5, 5.41) is 2.95. The Balaban J connectivity index is 2.21. The number of halogens is 1. The van der Waals surface area contributed by atoms with Crippen LogP contribution in [0.2, 0.25) is 5.02 Å². The van der Waals surface area contributed by atoms with E-state index in [0.717, 1.165) is 18.0 Å². The van der Waals surface area contributed by atoms with Gasteiger partial charge in [-0.3, -0.25) is 0 Å². The summed E-state index contributed by atoms with van der Waals surface area (Å²) in [4.78, 5) is 3.66. The molecule has 0 aliphatic heterocycles. The number of benzene rings is 1. The van der Waals surface area contributed by atoms with Gasteiger partial charge < -0.3 is 4.90 Å². The Morgan fingerprint density at radius 3 is 2.47 bits per heavy atom. The molecule has 0 fully saturated rings. The fourth-order valence-corrected chi connectivity index (χ4v) is 2.76. The van der Waals surface area contributed by atoms with Crippen molar-refractivity contribution in [2.24, 2.45) is 0 Å². The van der Waals surface area contributed by atoms with Crippen molar-refractivity contribution in [1.29, 1.82) is 0 Å². The van der Waals surface area contributed by atoms with Gasteiger partial charge >= 0.3 is 0 Å². The number of thiophene rings is 1. The Bertz CT molecular complexity index is 473. The molecule has 1 aromatic carbocycles. The molecule has 0 amide bonds. The number of nitrogens with zero attached hydrogens (tertiary/aromatic N) is 1. The molecule has 1 heterocycles. The van der Waals surface area contributed by atoms with Crippen LogP contribution in [-0.4, -0.2) is 25.5 Å². The minimum absolute atomic E-state index is 0.791. The van der Waals surface area contributed by atoms with Crippen LogP contribution >= 0.6 is 22.9 Å². The van der Waals surface area contributed by atoms with Crippen molar-refractivity contribution < 1.29 is 0 Å². The van der Waals surface area contributed by atoms with Gasteiger partial charge in [0.25, 0.3) is 0 Å². The molecular formula is C14H16ClNS. The fraction of sp³-hybridized carbons (Fsp3) is 0.286. The van der Waals surface area contributed by atoms with Crippen molar-refractivity contribution in [3.05, 3.63) is 45.6 Å². The van der Waals surface area contributed by atoms with Gasteiger partial charge in [-0.05, 0) is 55.2 Å². The van der Waals surface area contributed by atoms with Crippen molar-refractivity contribution in [2.75, 3.05) is 20.6 Å². The second-order valence-electron chi connectivity index (χ2n) is 4.32. The minimum Gasteiger partial charge on any atom is -0.309 e.